The maximum atomic E-state index is 11.1. The van der Waals surface area contributed by atoms with Crippen LogP contribution < -0.4 is 5.32 Å². The maximum Gasteiger partial charge on any atom is 0.255 e. The van der Waals surface area contributed by atoms with Gasteiger partial charge in [0.15, 0.2) is 6.67 Å². The number of hydrogen-bond acceptors (Lipinski definition) is 2. The summed E-state index contributed by atoms with van der Waals surface area (Å²) in [4.78, 5) is 9.83. The van der Waals surface area contributed by atoms with E-state index in [1.807, 2.05) is 5.32 Å². The van der Waals surface area contributed by atoms with Crippen molar-refractivity contribution in [1.29, 1.82) is 0 Å². The molecule has 2 nitrogen and oxygen atoms in total. The van der Waals surface area contributed by atoms with E-state index >= 15 is 0 Å². The molecule has 0 atom stereocenters. The van der Waals surface area contributed by atoms with Gasteiger partial charge < -0.3 is 5.32 Å². The number of carbonyl (C=O) groups is 1. The Labute approximate surface area is 45.7 Å². The minimum Gasteiger partial charge on any atom is -0.321 e. The molecule has 0 aromatic rings. The average Bonchev–Trinajstić information content (AvgIpc) is 1.68. The van der Waals surface area contributed by atoms with Gasteiger partial charge in [-0.3, -0.25) is 4.79 Å². The van der Waals surface area contributed by atoms with Crippen molar-refractivity contribution in [2.24, 2.45) is 0 Å². The van der Waals surface area contributed by atoms with Crippen LogP contribution in [0.1, 0.15) is 0 Å². The van der Waals surface area contributed by atoms with Crippen molar-refractivity contribution in [3.63, 3.8) is 0 Å². The fourth-order valence-corrected chi connectivity index (χ4v) is 0.236. The molecular formula is C3H4FNOS. The van der Waals surface area contributed by atoms with Crippen molar-refractivity contribution in [2.75, 3.05) is 6.67 Å². The number of carbonyl (C=O) groups excluding carboxylic acids is 1. The highest BCUT2D eigenvalue weighted by molar-refractivity contribution is 7.78. The summed E-state index contributed by atoms with van der Waals surface area (Å²) in [5.41, 5.74) is 0.974. The van der Waals surface area contributed by atoms with E-state index in [0.717, 1.165) is 5.49 Å². The first-order valence-electron chi connectivity index (χ1n) is 1.60. The Morgan fingerprint density at radius 2 is 2.57 bits per heavy atom. The second-order valence-corrected chi connectivity index (χ2v) is 1.05. The van der Waals surface area contributed by atoms with Gasteiger partial charge in [0.25, 0.3) is 5.91 Å². The summed E-state index contributed by atoms with van der Waals surface area (Å²) in [6, 6.07) is 0. The molecule has 0 spiro atoms. The van der Waals surface area contributed by atoms with Gasteiger partial charge in [0, 0.05) is 0 Å². The number of rotatable bonds is 2. The van der Waals surface area contributed by atoms with Gasteiger partial charge >= 0.3 is 0 Å². The van der Waals surface area contributed by atoms with Gasteiger partial charge in [-0.15, -0.1) is 0 Å². The minimum atomic E-state index is -1.01. The summed E-state index contributed by atoms with van der Waals surface area (Å²) in [5, 5.41) is 1.97. The standard InChI is InChI=1S/C3H4FNOS/c4-1-3(6)5-2-7/h2H,1H2,(H,5,6,7). The molecule has 0 aliphatic rings. The van der Waals surface area contributed by atoms with E-state index in [9.17, 15) is 9.18 Å². The number of alkyl halides is 1. The summed E-state index contributed by atoms with van der Waals surface area (Å²) in [6.45, 7) is -1.01. The van der Waals surface area contributed by atoms with Gasteiger partial charge in [0.1, 0.15) is 0 Å². The largest absolute Gasteiger partial charge is 0.321 e. The van der Waals surface area contributed by atoms with Crippen molar-refractivity contribution < 1.29 is 9.18 Å². The van der Waals surface area contributed by atoms with Crippen LogP contribution in [0.5, 0.6) is 0 Å². The van der Waals surface area contributed by atoms with Gasteiger partial charge in [0.2, 0.25) is 0 Å². The van der Waals surface area contributed by atoms with Crippen LogP contribution in [0.4, 0.5) is 4.39 Å². The number of nitrogens with one attached hydrogen (secondary N) is 1. The molecule has 0 unspecified atom stereocenters. The molecule has 0 heterocycles. The van der Waals surface area contributed by atoms with Crippen LogP contribution in [0, 0.1) is 0 Å². The predicted octanol–water partition coefficient (Wildman–Crippen LogP) is 0.0293. The molecule has 0 saturated carbocycles. The van der Waals surface area contributed by atoms with E-state index in [-0.39, 0.29) is 0 Å². The van der Waals surface area contributed by atoms with E-state index in [0.29, 0.717) is 0 Å². The zero-order valence-corrected chi connectivity index (χ0v) is 4.30. The number of thiocarbonyl (C=S) groups is 1. The van der Waals surface area contributed by atoms with Crippen molar-refractivity contribution >= 4 is 23.6 Å². The first-order chi connectivity index (χ1) is 3.31. The highest BCUT2D eigenvalue weighted by Crippen LogP contribution is 1.63. The average molecular weight is 121 g/mol. The lowest BCUT2D eigenvalue weighted by molar-refractivity contribution is -0.120. The fourth-order valence-electron chi connectivity index (χ4n) is 0.104. The zero-order chi connectivity index (χ0) is 5.70. The van der Waals surface area contributed by atoms with Gasteiger partial charge in [-0.2, -0.15) is 0 Å². The molecule has 1 N–H and O–H groups in total. The minimum absolute atomic E-state index is 0.699. The Balaban J connectivity index is 3.17. The normalized spacial score (nSPS) is 7.57. The lowest BCUT2D eigenvalue weighted by Crippen LogP contribution is -2.21. The highest BCUT2D eigenvalue weighted by atomic mass is 32.1. The fraction of sp³-hybridized carbons (Fsp3) is 0.333. The number of hydrogen-bond donors (Lipinski definition) is 1. The van der Waals surface area contributed by atoms with E-state index in [1.54, 1.807) is 0 Å². The van der Waals surface area contributed by atoms with Gasteiger partial charge in [-0.1, -0.05) is 12.2 Å². The Hall–Kier alpha value is -0.510. The van der Waals surface area contributed by atoms with Gasteiger partial charge in [-0.05, 0) is 0 Å². The monoisotopic (exact) mass is 121 g/mol. The van der Waals surface area contributed by atoms with E-state index in [2.05, 4.69) is 12.2 Å². The van der Waals surface area contributed by atoms with Crippen LogP contribution >= 0.6 is 12.2 Å². The van der Waals surface area contributed by atoms with Crippen molar-refractivity contribution in [2.45, 2.75) is 0 Å². The van der Waals surface area contributed by atoms with Gasteiger partial charge in [0.05, 0.1) is 5.49 Å². The molecule has 0 aromatic carbocycles. The van der Waals surface area contributed by atoms with Crippen molar-refractivity contribution in [3.05, 3.63) is 0 Å². The van der Waals surface area contributed by atoms with Crippen LogP contribution in [0.3, 0.4) is 0 Å². The SMILES string of the molecule is O=C(CF)NC=S. The molecule has 0 saturated heterocycles. The Bertz CT molecular complexity index is 85.0. The highest BCUT2D eigenvalue weighted by Gasteiger charge is 1.91. The van der Waals surface area contributed by atoms with Crippen molar-refractivity contribution in [3.8, 4) is 0 Å². The molecule has 0 aromatic heterocycles. The van der Waals surface area contributed by atoms with Crippen LogP contribution in [0.25, 0.3) is 0 Å². The lowest BCUT2D eigenvalue weighted by Gasteiger charge is -1.85. The third kappa shape index (κ3) is 3.32. The quantitative estimate of drug-likeness (QED) is 0.522. The topological polar surface area (TPSA) is 29.1 Å². The second-order valence-electron chi connectivity index (χ2n) is 0.819. The molecule has 40 valence electrons. The van der Waals surface area contributed by atoms with E-state index < -0.39 is 12.6 Å². The lowest BCUT2D eigenvalue weighted by atomic mass is 10.7. The first-order valence-corrected chi connectivity index (χ1v) is 2.07. The molecule has 0 fully saturated rings. The molecule has 4 heteroatoms. The Kier molecular flexibility index (Phi) is 3.40. The molecule has 0 rings (SSSR count). The summed E-state index contributed by atoms with van der Waals surface area (Å²) < 4.78 is 11.1. The summed E-state index contributed by atoms with van der Waals surface area (Å²) in [7, 11) is 0. The third-order valence-electron chi connectivity index (χ3n) is 0.341. The van der Waals surface area contributed by atoms with Crippen LogP contribution in [-0.2, 0) is 4.79 Å². The molecule has 0 aliphatic carbocycles. The number of halogens is 1. The van der Waals surface area contributed by atoms with E-state index in [4.69, 9.17) is 0 Å². The summed E-state index contributed by atoms with van der Waals surface area (Å²) in [6.07, 6.45) is 0. The molecular weight excluding hydrogens is 117 g/mol. The molecule has 0 aliphatic heterocycles. The molecule has 1 amide bonds. The Morgan fingerprint density at radius 1 is 2.00 bits per heavy atom. The smallest absolute Gasteiger partial charge is 0.255 e. The summed E-state index contributed by atoms with van der Waals surface area (Å²) >= 11 is 4.17. The van der Waals surface area contributed by atoms with Crippen molar-refractivity contribution in [1.82, 2.24) is 5.32 Å². The second kappa shape index (κ2) is 3.67. The van der Waals surface area contributed by atoms with Crippen LogP contribution in [0.15, 0.2) is 0 Å². The molecule has 0 bridgehead atoms. The molecule has 0 radical (unpaired) electrons. The Morgan fingerprint density at radius 3 is 2.71 bits per heavy atom. The first kappa shape index (κ1) is 6.49. The predicted molar refractivity (Wildman–Crippen MR) is 27.8 cm³/mol. The van der Waals surface area contributed by atoms with E-state index in [1.165, 1.54) is 0 Å². The third-order valence-corrected chi connectivity index (χ3v) is 0.459. The van der Waals surface area contributed by atoms with Crippen LogP contribution in [0.2, 0.25) is 0 Å². The number of amides is 1. The van der Waals surface area contributed by atoms with Gasteiger partial charge in [-0.25, -0.2) is 4.39 Å². The maximum absolute atomic E-state index is 11.1. The molecule has 7 heavy (non-hydrogen) atoms. The van der Waals surface area contributed by atoms with Crippen LogP contribution in [-0.4, -0.2) is 18.1 Å². The summed E-state index contributed by atoms with van der Waals surface area (Å²) in [5.74, 6) is -0.699. The zero-order valence-electron chi connectivity index (χ0n) is 3.48.